The highest BCUT2D eigenvalue weighted by Crippen LogP contribution is 2.19. The second-order valence-electron chi connectivity index (χ2n) is 7.73. The van der Waals surface area contributed by atoms with Gasteiger partial charge in [-0.25, -0.2) is 4.79 Å². The summed E-state index contributed by atoms with van der Waals surface area (Å²) in [6.07, 6.45) is 1.12. The second-order valence-corrected chi connectivity index (χ2v) is 7.73. The Morgan fingerprint density at radius 2 is 1.64 bits per heavy atom. The van der Waals surface area contributed by atoms with Crippen LogP contribution in [0.2, 0.25) is 0 Å². The van der Waals surface area contributed by atoms with Crippen LogP contribution in [-0.4, -0.2) is 58.3 Å². The molecular weight excluding hydrogens is 368 g/mol. The molecule has 0 saturated carbocycles. The van der Waals surface area contributed by atoms with Crippen LogP contribution in [0.1, 0.15) is 53.4 Å². The first-order valence-electron chi connectivity index (χ1n) is 9.22. The van der Waals surface area contributed by atoms with Crippen molar-refractivity contribution in [3.05, 3.63) is 12.1 Å². The summed E-state index contributed by atoms with van der Waals surface area (Å²) in [5, 5.41) is 21.5. The average molecular weight is 400 g/mol. The van der Waals surface area contributed by atoms with Crippen molar-refractivity contribution in [2.75, 3.05) is 20.3 Å². The Balaban J connectivity index is 2.24. The lowest BCUT2D eigenvalue weighted by Gasteiger charge is -2.29. The quantitative estimate of drug-likeness (QED) is 0.489. The molecule has 1 aromatic heterocycles. The zero-order chi connectivity index (χ0) is 21.4. The fourth-order valence-electron chi connectivity index (χ4n) is 2.20. The smallest absolute Gasteiger partial charge is 0.333 e. The molecule has 0 radical (unpaired) electrons. The number of carbonyl (C=O) groups excluding carboxylic acids is 2. The van der Waals surface area contributed by atoms with E-state index in [1.807, 2.05) is 27.7 Å². The van der Waals surface area contributed by atoms with Crippen molar-refractivity contribution >= 4 is 11.9 Å². The average Bonchev–Trinajstić information content (AvgIpc) is 2.91. The van der Waals surface area contributed by atoms with Gasteiger partial charge in [-0.1, -0.05) is 0 Å². The van der Waals surface area contributed by atoms with E-state index in [4.69, 9.17) is 14.3 Å². The van der Waals surface area contributed by atoms with Crippen molar-refractivity contribution < 1.29 is 34.1 Å². The Morgan fingerprint density at radius 3 is 2.21 bits per heavy atom. The Kier molecular flexibility index (Phi) is 8.77. The molecule has 9 heteroatoms. The summed E-state index contributed by atoms with van der Waals surface area (Å²) >= 11 is 0. The Hall–Kier alpha value is -2.26. The molecule has 0 aromatic carbocycles. The first-order valence-corrected chi connectivity index (χ1v) is 9.22. The molecule has 0 aliphatic heterocycles. The van der Waals surface area contributed by atoms with E-state index in [9.17, 15) is 19.8 Å². The third-order valence-electron chi connectivity index (χ3n) is 4.35. The van der Waals surface area contributed by atoms with Crippen LogP contribution in [-0.2, 0) is 19.1 Å². The van der Waals surface area contributed by atoms with Crippen molar-refractivity contribution in [2.24, 2.45) is 0 Å². The number of methoxy groups -OCH3 is 1. The number of aromatic nitrogens is 1. The predicted molar refractivity (Wildman–Crippen MR) is 102 cm³/mol. The highest BCUT2D eigenvalue weighted by molar-refractivity contribution is 5.81. The number of ether oxygens (including phenoxy) is 2. The standard InChI is InChI=1S/C19H32N2O7/c1-18(2,26-5)11-13-27-19(3,4)10-12-20-14(22)6-9-17(25)28-21-15(23)7-8-16(21)24/h7-8,23-24H,6,9-13H2,1-5H3,(H,20,22). The Morgan fingerprint density at radius 1 is 1.04 bits per heavy atom. The van der Waals surface area contributed by atoms with E-state index >= 15 is 0 Å². The van der Waals surface area contributed by atoms with Crippen LogP contribution >= 0.6 is 0 Å². The van der Waals surface area contributed by atoms with Crippen molar-refractivity contribution in [3.63, 3.8) is 0 Å². The molecular formula is C19H32N2O7. The van der Waals surface area contributed by atoms with Gasteiger partial charge in [0, 0.05) is 32.2 Å². The van der Waals surface area contributed by atoms with Gasteiger partial charge in [0.1, 0.15) is 0 Å². The molecule has 1 amide bonds. The van der Waals surface area contributed by atoms with E-state index in [0.717, 1.165) is 6.42 Å². The lowest BCUT2D eigenvalue weighted by Crippen LogP contribution is -2.34. The molecule has 0 spiro atoms. The molecule has 28 heavy (non-hydrogen) atoms. The summed E-state index contributed by atoms with van der Waals surface area (Å²) in [6, 6.07) is 2.35. The van der Waals surface area contributed by atoms with Crippen LogP contribution in [0, 0.1) is 0 Å². The predicted octanol–water partition coefficient (Wildman–Crippen LogP) is 1.75. The van der Waals surface area contributed by atoms with Gasteiger partial charge < -0.3 is 29.8 Å². The minimum atomic E-state index is -0.749. The first-order chi connectivity index (χ1) is 13.0. The SMILES string of the molecule is COC(C)(C)CCOC(C)(C)CCNC(=O)CCC(=O)On1c(O)ccc1O. The fourth-order valence-corrected chi connectivity index (χ4v) is 2.20. The first kappa shape index (κ1) is 23.8. The number of aromatic hydroxyl groups is 2. The fraction of sp³-hybridized carbons (Fsp3) is 0.684. The lowest BCUT2D eigenvalue weighted by atomic mass is 10.0. The molecule has 9 nitrogen and oxygen atoms in total. The van der Waals surface area contributed by atoms with E-state index in [2.05, 4.69) is 5.32 Å². The number of rotatable bonds is 12. The van der Waals surface area contributed by atoms with Gasteiger partial charge in [0.15, 0.2) is 0 Å². The summed E-state index contributed by atoms with van der Waals surface area (Å²) < 4.78 is 11.8. The number of amides is 1. The number of hydrogen-bond donors (Lipinski definition) is 3. The zero-order valence-corrected chi connectivity index (χ0v) is 17.3. The molecule has 0 aliphatic rings. The van der Waals surface area contributed by atoms with Gasteiger partial charge in [-0.3, -0.25) is 4.79 Å². The number of nitrogens with one attached hydrogen (secondary N) is 1. The van der Waals surface area contributed by atoms with E-state index in [0.29, 0.717) is 24.3 Å². The monoisotopic (exact) mass is 400 g/mol. The molecule has 1 rings (SSSR count). The largest absolute Gasteiger partial charge is 0.492 e. The maximum atomic E-state index is 11.9. The van der Waals surface area contributed by atoms with Crippen molar-refractivity contribution in [3.8, 4) is 11.8 Å². The summed E-state index contributed by atoms with van der Waals surface area (Å²) in [5.41, 5.74) is -0.646. The Bertz CT molecular complexity index is 633. The molecule has 0 saturated heterocycles. The number of nitrogens with zero attached hydrogens (tertiary/aromatic N) is 1. The topological polar surface area (TPSA) is 119 Å². The van der Waals surface area contributed by atoms with Gasteiger partial charge in [-0.05, 0) is 40.5 Å². The molecule has 3 N–H and O–H groups in total. The normalized spacial score (nSPS) is 12.0. The molecule has 160 valence electrons. The number of carbonyl (C=O) groups is 2. The van der Waals surface area contributed by atoms with Gasteiger partial charge in [0.2, 0.25) is 17.7 Å². The van der Waals surface area contributed by atoms with Crippen LogP contribution in [0.25, 0.3) is 0 Å². The second kappa shape index (κ2) is 10.3. The Labute approximate surface area is 165 Å². The van der Waals surface area contributed by atoms with E-state index < -0.39 is 23.3 Å². The molecule has 0 atom stereocenters. The molecule has 1 heterocycles. The third kappa shape index (κ3) is 8.62. The van der Waals surface area contributed by atoms with Crippen LogP contribution in [0.5, 0.6) is 11.8 Å². The zero-order valence-electron chi connectivity index (χ0n) is 17.3. The van der Waals surface area contributed by atoms with Crippen LogP contribution in [0.15, 0.2) is 12.1 Å². The van der Waals surface area contributed by atoms with E-state index in [-0.39, 0.29) is 24.3 Å². The highest BCUT2D eigenvalue weighted by Gasteiger charge is 2.22. The van der Waals surface area contributed by atoms with E-state index in [1.54, 1.807) is 7.11 Å². The van der Waals surface area contributed by atoms with Crippen LogP contribution in [0.4, 0.5) is 0 Å². The maximum absolute atomic E-state index is 11.9. The van der Waals surface area contributed by atoms with Crippen molar-refractivity contribution in [1.29, 1.82) is 0 Å². The van der Waals surface area contributed by atoms with Gasteiger partial charge >= 0.3 is 5.97 Å². The molecule has 1 aromatic rings. The van der Waals surface area contributed by atoms with Crippen LogP contribution < -0.4 is 10.2 Å². The summed E-state index contributed by atoms with van der Waals surface area (Å²) in [7, 11) is 1.67. The molecule has 0 bridgehead atoms. The van der Waals surface area contributed by atoms with Gasteiger partial charge in [-0.15, -0.1) is 4.73 Å². The van der Waals surface area contributed by atoms with Gasteiger partial charge in [0.05, 0.1) is 24.2 Å². The van der Waals surface area contributed by atoms with E-state index in [1.165, 1.54) is 12.1 Å². The third-order valence-corrected chi connectivity index (χ3v) is 4.35. The molecule has 0 unspecified atom stereocenters. The minimum absolute atomic E-state index is 0.0645. The van der Waals surface area contributed by atoms with Crippen molar-refractivity contribution in [1.82, 2.24) is 10.0 Å². The maximum Gasteiger partial charge on any atom is 0.333 e. The number of hydrogen-bond acceptors (Lipinski definition) is 7. The van der Waals surface area contributed by atoms with Crippen LogP contribution in [0.3, 0.4) is 0 Å². The van der Waals surface area contributed by atoms with Crippen molar-refractivity contribution in [2.45, 2.75) is 64.6 Å². The molecule has 0 fully saturated rings. The van der Waals surface area contributed by atoms with Gasteiger partial charge in [-0.2, -0.15) is 0 Å². The minimum Gasteiger partial charge on any atom is -0.492 e. The lowest BCUT2D eigenvalue weighted by molar-refractivity contribution is -0.146. The van der Waals surface area contributed by atoms with Gasteiger partial charge in [0.25, 0.3) is 0 Å². The highest BCUT2D eigenvalue weighted by atomic mass is 16.7. The summed E-state index contributed by atoms with van der Waals surface area (Å²) in [6.45, 7) is 8.85. The summed E-state index contributed by atoms with van der Waals surface area (Å²) in [5.74, 6) is -1.87. The molecule has 0 aliphatic carbocycles. The summed E-state index contributed by atoms with van der Waals surface area (Å²) in [4.78, 5) is 28.3.